The van der Waals surface area contributed by atoms with Crippen molar-refractivity contribution in [2.24, 2.45) is 0 Å². The van der Waals surface area contributed by atoms with Crippen LogP contribution in [0.2, 0.25) is 0 Å². The zero-order valence-electron chi connectivity index (χ0n) is 14.4. The van der Waals surface area contributed by atoms with Crippen molar-refractivity contribution >= 4 is 5.91 Å². The molecule has 7 nitrogen and oxygen atoms in total. The van der Waals surface area contributed by atoms with Crippen LogP contribution in [0.4, 0.5) is 0 Å². The van der Waals surface area contributed by atoms with Crippen molar-refractivity contribution < 1.29 is 9.32 Å². The number of nitrogens with one attached hydrogen (secondary N) is 1. The molecule has 0 spiro atoms. The van der Waals surface area contributed by atoms with Gasteiger partial charge in [-0.05, 0) is 26.2 Å². The van der Waals surface area contributed by atoms with E-state index in [2.05, 4.69) is 27.5 Å². The lowest BCUT2D eigenvalue weighted by molar-refractivity contribution is 0.0953. The summed E-state index contributed by atoms with van der Waals surface area (Å²) < 4.78 is 7.22. The highest BCUT2D eigenvalue weighted by Gasteiger charge is 2.23. The number of rotatable bonds is 7. The molecule has 1 aliphatic carbocycles. The first-order chi connectivity index (χ1) is 11.7. The van der Waals surface area contributed by atoms with Crippen LogP contribution in [-0.2, 0) is 13.0 Å². The molecule has 0 radical (unpaired) electrons. The summed E-state index contributed by atoms with van der Waals surface area (Å²) in [5.74, 6) is 1.74. The summed E-state index contributed by atoms with van der Waals surface area (Å²) in [6.45, 7) is 5.32. The number of hydrogen-bond acceptors (Lipinski definition) is 5. The lowest BCUT2D eigenvalue weighted by Crippen LogP contribution is -2.26. The molecule has 130 valence electrons. The molecule has 1 N–H and O–H groups in total. The Kier molecular flexibility index (Phi) is 5.27. The highest BCUT2D eigenvalue weighted by atomic mass is 16.5. The minimum Gasteiger partial charge on any atom is -0.351 e. The summed E-state index contributed by atoms with van der Waals surface area (Å²) in [5.41, 5.74) is 1.53. The molecular weight excluding hydrogens is 306 g/mol. The fourth-order valence-corrected chi connectivity index (χ4v) is 3.20. The molecule has 7 heteroatoms. The average Bonchev–Trinajstić information content (AvgIpc) is 3.29. The van der Waals surface area contributed by atoms with E-state index in [0.29, 0.717) is 30.3 Å². The SMILES string of the molecule is CCCn1ncc(C(=O)NCCc2noc(C3CCCC3)n2)c1C. The molecule has 0 saturated heterocycles. The topological polar surface area (TPSA) is 85.8 Å². The maximum Gasteiger partial charge on any atom is 0.254 e. The number of carbonyl (C=O) groups excluding carboxylic acids is 1. The zero-order valence-corrected chi connectivity index (χ0v) is 14.4. The van der Waals surface area contributed by atoms with Crippen molar-refractivity contribution in [3.8, 4) is 0 Å². The van der Waals surface area contributed by atoms with Crippen LogP contribution in [-0.4, -0.2) is 32.4 Å². The summed E-state index contributed by atoms with van der Waals surface area (Å²) in [5, 5.41) is 11.2. The van der Waals surface area contributed by atoms with Crippen molar-refractivity contribution in [1.82, 2.24) is 25.2 Å². The monoisotopic (exact) mass is 331 g/mol. The molecule has 0 bridgehead atoms. The summed E-state index contributed by atoms with van der Waals surface area (Å²) in [4.78, 5) is 16.7. The van der Waals surface area contributed by atoms with Crippen molar-refractivity contribution in [2.75, 3.05) is 6.54 Å². The largest absolute Gasteiger partial charge is 0.351 e. The molecule has 0 atom stereocenters. The Bertz CT molecular complexity index is 685. The van der Waals surface area contributed by atoms with Crippen LogP contribution in [0, 0.1) is 6.92 Å². The lowest BCUT2D eigenvalue weighted by atomic mass is 10.1. The first-order valence-electron chi connectivity index (χ1n) is 8.82. The molecule has 0 aliphatic heterocycles. The molecule has 1 aliphatic rings. The van der Waals surface area contributed by atoms with E-state index in [9.17, 15) is 4.79 Å². The van der Waals surface area contributed by atoms with Crippen LogP contribution in [0.25, 0.3) is 0 Å². The molecule has 1 fully saturated rings. The molecule has 1 amide bonds. The molecule has 2 aromatic heterocycles. The van der Waals surface area contributed by atoms with E-state index in [1.165, 1.54) is 12.8 Å². The second-order valence-corrected chi connectivity index (χ2v) is 6.40. The van der Waals surface area contributed by atoms with E-state index < -0.39 is 0 Å². The predicted molar refractivity (Wildman–Crippen MR) is 88.8 cm³/mol. The Morgan fingerprint density at radius 2 is 2.21 bits per heavy atom. The predicted octanol–water partition coefficient (Wildman–Crippen LogP) is 2.61. The van der Waals surface area contributed by atoms with Gasteiger partial charge in [-0.1, -0.05) is 24.9 Å². The van der Waals surface area contributed by atoms with Gasteiger partial charge in [0.05, 0.1) is 11.8 Å². The minimum atomic E-state index is -0.102. The Balaban J connectivity index is 1.50. The van der Waals surface area contributed by atoms with Gasteiger partial charge in [-0.15, -0.1) is 0 Å². The molecular formula is C17H25N5O2. The number of aromatic nitrogens is 4. The van der Waals surface area contributed by atoms with Gasteiger partial charge in [0.25, 0.3) is 5.91 Å². The minimum absolute atomic E-state index is 0.102. The van der Waals surface area contributed by atoms with Crippen LogP contribution in [0.5, 0.6) is 0 Å². The van der Waals surface area contributed by atoms with Gasteiger partial charge >= 0.3 is 0 Å². The van der Waals surface area contributed by atoms with Crippen molar-refractivity contribution in [3.05, 3.63) is 29.2 Å². The second-order valence-electron chi connectivity index (χ2n) is 6.40. The molecule has 0 unspecified atom stereocenters. The Hall–Kier alpha value is -2.18. The average molecular weight is 331 g/mol. The highest BCUT2D eigenvalue weighted by molar-refractivity contribution is 5.95. The third-order valence-electron chi connectivity index (χ3n) is 4.61. The van der Waals surface area contributed by atoms with E-state index in [0.717, 1.165) is 37.4 Å². The van der Waals surface area contributed by atoms with Crippen LogP contribution < -0.4 is 5.32 Å². The summed E-state index contributed by atoms with van der Waals surface area (Å²) >= 11 is 0. The Morgan fingerprint density at radius 3 is 2.96 bits per heavy atom. The van der Waals surface area contributed by atoms with Gasteiger partial charge in [-0.3, -0.25) is 9.48 Å². The fraction of sp³-hybridized carbons (Fsp3) is 0.647. The molecule has 1 saturated carbocycles. The number of aryl methyl sites for hydroxylation is 1. The highest BCUT2D eigenvalue weighted by Crippen LogP contribution is 2.32. The van der Waals surface area contributed by atoms with Crippen LogP contribution in [0.3, 0.4) is 0 Å². The number of hydrogen-bond donors (Lipinski definition) is 1. The summed E-state index contributed by atoms with van der Waals surface area (Å²) in [7, 11) is 0. The number of nitrogens with zero attached hydrogens (tertiary/aromatic N) is 4. The van der Waals surface area contributed by atoms with E-state index in [-0.39, 0.29) is 5.91 Å². The quantitative estimate of drug-likeness (QED) is 0.843. The molecule has 2 aromatic rings. The maximum absolute atomic E-state index is 12.3. The lowest BCUT2D eigenvalue weighted by Gasteiger charge is -2.04. The molecule has 0 aromatic carbocycles. The van der Waals surface area contributed by atoms with Gasteiger partial charge in [0.2, 0.25) is 5.89 Å². The van der Waals surface area contributed by atoms with Crippen molar-refractivity contribution in [2.45, 2.75) is 64.8 Å². The first-order valence-corrected chi connectivity index (χ1v) is 8.82. The van der Waals surface area contributed by atoms with Gasteiger partial charge in [-0.2, -0.15) is 10.1 Å². The molecule has 3 rings (SSSR count). The van der Waals surface area contributed by atoms with E-state index >= 15 is 0 Å². The smallest absolute Gasteiger partial charge is 0.254 e. The van der Waals surface area contributed by atoms with E-state index in [1.807, 2.05) is 11.6 Å². The van der Waals surface area contributed by atoms with Crippen molar-refractivity contribution in [1.29, 1.82) is 0 Å². The third-order valence-corrected chi connectivity index (χ3v) is 4.61. The van der Waals surface area contributed by atoms with Gasteiger partial charge in [0.15, 0.2) is 5.82 Å². The third kappa shape index (κ3) is 3.66. The van der Waals surface area contributed by atoms with Crippen molar-refractivity contribution in [3.63, 3.8) is 0 Å². The maximum atomic E-state index is 12.3. The van der Waals surface area contributed by atoms with Crippen LogP contribution >= 0.6 is 0 Å². The normalized spacial score (nSPS) is 15.1. The standard InChI is InChI=1S/C17H25N5O2/c1-3-10-22-12(2)14(11-19-22)16(23)18-9-8-15-20-17(24-21-15)13-6-4-5-7-13/h11,13H,3-10H2,1-2H3,(H,18,23). The van der Waals surface area contributed by atoms with E-state index in [1.54, 1.807) is 6.20 Å². The van der Waals surface area contributed by atoms with Gasteiger partial charge in [0, 0.05) is 31.1 Å². The number of amides is 1. The summed E-state index contributed by atoms with van der Waals surface area (Å²) in [6.07, 6.45) is 7.95. The molecule has 2 heterocycles. The molecule has 24 heavy (non-hydrogen) atoms. The van der Waals surface area contributed by atoms with Crippen LogP contribution in [0.15, 0.2) is 10.7 Å². The van der Waals surface area contributed by atoms with Gasteiger partial charge in [0.1, 0.15) is 0 Å². The number of carbonyl (C=O) groups is 1. The van der Waals surface area contributed by atoms with Gasteiger partial charge < -0.3 is 9.84 Å². The van der Waals surface area contributed by atoms with E-state index in [4.69, 9.17) is 4.52 Å². The van der Waals surface area contributed by atoms with Crippen LogP contribution in [0.1, 0.15) is 72.7 Å². The zero-order chi connectivity index (χ0) is 16.9. The Labute approximate surface area is 141 Å². The second kappa shape index (κ2) is 7.59. The fourth-order valence-electron chi connectivity index (χ4n) is 3.20. The summed E-state index contributed by atoms with van der Waals surface area (Å²) in [6, 6.07) is 0. The Morgan fingerprint density at radius 1 is 1.42 bits per heavy atom. The van der Waals surface area contributed by atoms with Gasteiger partial charge in [-0.25, -0.2) is 0 Å². The first kappa shape index (κ1) is 16.7.